The molecule has 3 N–H and O–H groups in total. The molecule has 0 fully saturated rings. The van der Waals surface area contributed by atoms with Gasteiger partial charge < -0.3 is 15.2 Å². The second-order valence-electron chi connectivity index (χ2n) is 5.45. The van der Waals surface area contributed by atoms with Crippen molar-refractivity contribution in [1.82, 2.24) is 9.69 Å². The van der Waals surface area contributed by atoms with Crippen molar-refractivity contribution in [3.63, 3.8) is 0 Å². The standard InChI is InChI=1S/C17H18FN3O4S/c1-4-5-19-17(24)20-15-13(16(22)23)14(21-26-15)25-8-11-10(3)6-9(2)7-12(11)18/h4,6-7H,1,5,8H2,2-3H3,(H,22,23)(H2,19,20,24). The highest BCUT2D eigenvalue weighted by atomic mass is 32.1. The molecule has 138 valence electrons. The van der Waals surface area contributed by atoms with E-state index in [1.165, 1.54) is 12.1 Å². The quantitative estimate of drug-likeness (QED) is 0.640. The Morgan fingerprint density at radius 2 is 2.15 bits per heavy atom. The molecule has 0 atom stereocenters. The van der Waals surface area contributed by atoms with Crippen molar-refractivity contribution in [2.45, 2.75) is 20.5 Å². The molecule has 2 aromatic rings. The number of carboxylic acids is 1. The first kappa shape index (κ1) is 19.4. The summed E-state index contributed by atoms with van der Waals surface area (Å²) in [5.74, 6) is -1.92. The molecule has 2 rings (SSSR count). The predicted octanol–water partition coefficient (Wildman–Crippen LogP) is 3.48. The first-order valence-corrected chi connectivity index (χ1v) is 8.38. The van der Waals surface area contributed by atoms with Crippen LogP contribution in [0, 0.1) is 19.7 Å². The Labute approximate surface area is 153 Å². The van der Waals surface area contributed by atoms with E-state index in [4.69, 9.17) is 4.74 Å². The topological polar surface area (TPSA) is 101 Å². The van der Waals surface area contributed by atoms with Crippen LogP contribution in [0.4, 0.5) is 14.2 Å². The Kier molecular flexibility index (Phi) is 6.29. The van der Waals surface area contributed by atoms with Crippen molar-refractivity contribution >= 4 is 28.5 Å². The molecular formula is C17H18FN3O4S. The van der Waals surface area contributed by atoms with Crippen molar-refractivity contribution in [3.05, 3.63) is 52.9 Å². The van der Waals surface area contributed by atoms with Gasteiger partial charge in [-0.3, -0.25) is 5.32 Å². The van der Waals surface area contributed by atoms with Crippen LogP contribution in [-0.2, 0) is 6.61 Å². The van der Waals surface area contributed by atoms with E-state index in [0.29, 0.717) is 11.1 Å². The van der Waals surface area contributed by atoms with Crippen LogP contribution >= 0.6 is 11.5 Å². The lowest BCUT2D eigenvalue weighted by atomic mass is 10.1. The summed E-state index contributed by atoms with van der Waals surface area (Å²) in [5.41, 5.74) is 1.50. The SMILES string of the molecule is C=CCNC(=O)Nc1snc(OCc2c(C)cc(C)cc2F)c1C(=O)O. The average Bonchev–Trinajstić information content (AvgIpc) is 2.94. The molecule has 0 aliphatic heterocycles. The van der Waals surface area contributed by atoms with Gasteiger partial charge in [0.25, 0.3) is 0 Å². The molecule has 1 heterocycles. The second kappa shape index (κ2) is 8.43. The molecule has 0 aliphatic carbocycles. The largest absolute Gasteiger partial charge is 0.477 e. The number of amides is 2. The zero-order chi connectivity index (χ0) is 19.3. The van der Waals surface area contributed by atoms with Crippen LogP contribution in [0.2, 0.25) is 0 Å². The number of nitrogens with zero attached hydrogens (tertiary/aromatic N) is 1. The van der Waals surface area contributed by atoms with Crippen molar-refractivity contribution in [2.75, 3.05) is 11.9 Å². The molecule has 0 unspecified atom stereocenters. The van der Waals surface area contributed by atoms with E-state index in [0.717, 1.165) is 17.1 Å². The monoisotopic (exact) mass is 379 g/mol. The molecule has 0 spiro atoms. The fourth-order valence-electron chi connectivity index (χ4n) is 2.23. The number of halogens is 1. The number of nitrogens with one attached hydrogen (secondary N) is 2. The van der Waals surface area contributed by atoms with Crippen LogP contribution in [0.1, 0.15) is 27.0 Å². The van der Waals surface area contributed by atoms with Crippen LogP contribution in [0.25, 0.3) is 0 Å². The van der Waals surface area contributed by atoms with Crippen LogP contribution in [0.15, 0.2) is 24.8 Å². The Morgan fingerprint density at radius 1 is 1.42 bits per heavy atom. The zero-order valence-corrected chi connectivity index (χ0v) is 15.1. The third-order valence-corrected chi connectivity index (χ3v) is 4.17. The molecule has 7 nitrogen and oxygen atoms in total. The maximum Gasteiger partial charge on any atom is 0.344 e. The lowest BCUT2D eigenvalue weighted by Gasteiger charge is -2.10. The molecule has 0 radical (unpaired) electrons. The van der Waals surface area contributed by atoms with Crippen LogP contribution in [0.3, 0.4) is 0 Å². The van der Waals surface area contributed by atoms with Gasteiger partial charge >= 0.3 is 12.0 Å². The lowest BCUT2D eigenvalue weighted by Crippen LogP contribution is -2.28. The van der Waals surface area contributed by atoms with Gasteiger partial charge in [0.15, 0.2) is 5.56 Å². The Balaban J connectivity index is 2.19. The fourth-order valence-corrected chi connectivity index (χ4v) is 2.95. The summed E-state index contributed by atoms with van der Waals surface area (Å²) in [4.78, 5) is 23.2. The molecule has 9 heteroatoms. The molecule has 0 saturated heterocycles. The smallest absolute Gasteiger partial charge is 0.344 e. The zero-order valence-electron chi connectivity index (χ0n) is 14.3. The first-order chi connectivity index (χ1) is 12.3. The van der Waals surface area contributed by atoms with Gasteiger partial charge in [-0.2, -0.15) is 4.37 Å². The Hall–Kier alpha value is -2.94. The highest BCUT2D eigenvalue weighted by molar-refractivity contribution is 7.11. The lowest BCUT2D eigenvalue weighted by molar-refractivity contribution is 0.0693. The minimum absolute atomic E-state index is 0.0233. The third-order valence-electron chi connectivity index (χ3n) is 3.42. The van der Waals surface area contributed by atoms with Gasteiger partial charge in [-0.1, -0.05) is 12.1 Å². The maximum absolute atomic E-state index is 14.1. The number of urea groups is 1. The summed E-state index contributed by atoms with van der Waals surface area (Å²) in [6, 6.07) is 2.59. The van der Waals surface area contributed by atoms with Crippen molar-refractivity contribution < 1.29 is 23.8 Å². The van der Waals surface area contributed by atoms with Crippen molar-refractivity contribution in [2.24, 2.45) is 0 Å². The minimum atomic E-state index is -1.31. The van der Waals surface area contributed by atoms with E-state index in [1.807, 2.05) is 0 Å². The van der Waals surface area contributed by atoms with Crippen LogP contribution < -0.4 is 15.4 Å². The normalized spacial score (nSPS) is 10.3. The number of hydrogen-bond acceptors (Lipinski definition) is 5. The highest BCUT2D eigenvalue weighted by Crippen LogP contribution is 2.31. The number of rotatable bonds is 7. The number of carbonyl (C=O) groups excluding carboxylic acids is 1. The number of aromatic nitrogens is 1. The molecule has 1 aromatic heterocycles. The van der Waals surface area contributed by atoms with E-state index < -0.39 is 17.8 Å². The second-order valence-corrected chi connectivity index (χ2v) is 6.22. The molecule has 26 heavy (non-hydrogen) atoms. The van der Waals surface area contributed by atoms with Gasteiger partial charge in [0.05, 0.1) is 0 Å². The third kappa shape index (κ3) is 4.57. The van der Waals surface area contributed by atoms with E-state index in [9.17, 15) is 19.1 Å². The van der Waals surface area contributed by atoms with Gasteiger partial charge in [-0.25, -0.2) is 14.0 Å². The molecule has 1 aromatic carbocycles. The summed E-state index contributed by atoms with van der Waals surface area (Å²) < 4.78 is 23.4. The highest BCUT2D eigenvalue weighted by Gasteiger charge is 2.23. The molecule has 2 amide bonds. The summed E-state index contributed by atoms with van der Waals surface area (Å²) in [6.07, 6.45) is 1.48. The minimum Gasteiger partial charge on any atom is -0.477 e. The number of carbonyl (C=O) groups is 2. The van der Waals surface area contributed by atoms with Crippen molar-refractivity contribution in [3.8, 4) is 5.88 Å². The predicted molar refractivity (Wildman–Crippen MR) is 96.5 cm³/mol. The molecule has 0 bridgehead atoms. The van der Waals surface area contributed by atoms with E-state index >= 15 is 0 Å². The molecule has 0 saturated carbocycles. The summed E-state index contributed by atoms with van der Waals surface area (Å²) >= 11 is 0.765. The summed E-state index contributed by atoms with van der Waals surface area (Å²) in [6.45, 7) is 7.03. The number of benzene rings is 1. The number of anilines is 1. The maximum atomic E-state index is 14.1. The molecular weight excluding hydrogens is 361 g/mol. The van der Waals surface area contributed by atoms with Crippen LogP contribution in [-0.4, -0.2) is 28.0 Å². The van der Waals surface area contributed by atoms with Gasteiger partial charge in [0.1, 0.15) is 17.4 Å². The Bertz CT molecular complexity index is 828. The van der Waals surface area contributed by atoms with Crippen molar-refractivity contribution in [1.29, 1.82) is 0 Å². The summed E-state index contributed by atoms with van der Waals surface area (Å²) in [7, 11) is 0. The number of aromatic carboxylic acids is 1. The number of hydrogen-bond donors (Lipinski definition) is 3. The fraction of sp³-hybridized carbons (Fsp3) is 0.235. The van der Waals surface area contributed by atoms with E-state index in [2.05, 4.69) is 21.6 Å². The van der Waals surface area contributed by atoms with Gasteiger partial charge in [-0.15, -0.1) is 6.58 Å². The van der Waals surface area contributed by atoms with Gasteiger partial charge in [0, 0.05) is 12.1 Å². The molecule has 0 aliphatic rings. The van der Waals surface area contributed by atoms with Gasteiger partial charge in [-0.05, 0) is 42.6 Å². The number of carboxylic acid groups (broad SMARTS) is 1. The Morgan fingerprint density at radius 3 is 2.77 bits per heavy atom. The number of ether oxygens (including phenoxy) is 1. The average molecular weight is 379 g/mol. The first-order valence-electron chi connectivity index (χ1n) is 7.60. The van der Waals surface area contributed by atoms with E-state index in [-0.39, 0.29) is 29.6 Å². The van der Waals surface area contributed by atoms with Crippen LogP contribution in [0.5, 0.6) is 5.88 Å². The number of aryl methyl sites for hydroxylation is 2. The summed E-state index contributed by atoms with van der Waals surface area (Å²) in [5, 5.41) is 14.3. The van der Waals surface area contributed by atoms with Gasteiger partial charge in [0.2, 0.25) is 5.88 Å². The van der Waals surface area contributed by atoms with E-state index in [1.54, 1.807) is 19.9 Å².